The Labute approximate surface area is 134 Å². The zero-order valence-electron chi connectivity index (χ0n) is 12.6. The standard InChI is InChI=1S/C16H21N3O2S/c1-11-10-12(16(21)4-8-22-9-5-16)2-3-13(11)19-15(20)14-17-6-7-18-14/h2-3,6-7,10,14,17-18,21H,4-5,8-9H2,1H3,(H,19,20). The third kappa shape index (κ3) is 3.08. The maximum Gasteiger partial charge on any atom is 0.267 e. The van der Waals surface area contributed by atoms with E-state index in [-0.39, 0.29) is 5.91 Å². The molecule has 1 aromatic carbocycles. The van der Waals surface area contributed by atoms with Gasteiger partial charge >= 0.3 is 0 Å². The van der Waals surface area contributed by atoms with E-state index in [0.29, 0.717) is 0 Å². The highest BCUT2D eigenvalue weighted by Gasteiger charge is 2.31. The first-order chi connectivity index (χ1) is 10.6. The van der Waals surface area contributed by atoms with Gasteiger partial charge in [0.1, 0.15) is 0 Å². The Morgan fingerprint density at radius 1 is 1.32 bits per heavy atom. The lowest BCUT2D eigenvalue weighted by atomic mass is 9.87. The van der Waals surface area contributed by atoms with Crippen LogP contribution in [-0.4, -0.2) is 28.7 Å². The van der Waals surface area contributed by atoms with Gasteiger partial charge in [0.15, 0.2) is 6.17 Å². The molecule has 4 N–H and O–H groups in total. The van der Waals surface area contributed by atoms with Crippen molar-refractivity contribution >= 4 is 23.4 Å². The van der Waals surface area contributed by atoms with Gasteiger partial charge in [0.05, 0.1) is 5.60 Å². The lowest BCUT2D eigenvalue weighted by Gasteiger charge is -2.32. The molecule has 0 unspecified atom stereocenters. The number of anilines is 1. The molecule has 5 nitrogen and oxygen atoms in total. The predicted octanol–water partition coefficient (Wildman–Crippen LogP) is 1.64. The van der Waals surface area contributed by atoms with Gasteiger partial charge in [-0.15, -0.1) is 0 Å². The van der Waals surface area contributed by atoms with Crippen LogP contribution in [0.15, 0.2) is 30.6 Å². The average Bonchev–Trinajstić information content (AvgIpc) is 3.04. The highest BCUT2D eigenvalue weighted by atomic mass is 32.2. The molecule has 2 heterocycles. The number of rotatable bonds is 3. The van der Waals surface area contributed by atoms with Crippen molar-refractivity contribution in [3.05, 3.63) is 41.7 Å². The summed E-state index contributed by atoms with van der Waals surface area (Å²) in [6, 6.07) is 5.79. The second-order valence-corrected chi connectivity index (χ2v) is 6.99. The van der Waals surface area contributed by atoms with Crippen molar-refractivity contribution in [2.24, 2.45) is 0 Å². The Balaban J connectivity index is 1.73. The summed E-state index contributed by atoms with van der Waals surface area (Å²) >= 11 is 1.88. The Morgan fingerprint density at radius 2 is 2.00 bits per heavy atom. The van der Waals surface area contributed by atoms with Crippen molar-refractivity contribution in [3.63, 3.8) is 0 Å². The zero-order valence-corrected chi connectivity index (χ0v) is 13.4. The lowest BCUT2D eigenvalue weighted by Crippen LogP contribution is -2.43. The molecular formula is C16H21N3O2S. The van der Waals surface area contributed by atoms with Crippen molar-refractivity contribution in [2.45, 2.75) is 31.5 Å². The predicted molar refractivity (Wildman–Crippen MR) is 89.5 cm³/mol. The Morgan fingerprint density at radius 3 is 2.64 bits per heavy atom. The normalized spacial score (nSPS) is 20.3. The van der Waals surface area contributed by atoms with Gasteiger partial charge in [-0.1, -0.05) is 12.1 Å². The molecule has 1 saturated heterocycles. The van der Waals surface area contributed by atoms with E-state index < -0.39 is 11.8 Å². The highest BCUT2D eigenvalue weighted by Crippen LogP contribution is 2.36. The monoisotopic (exact) mass is 319 g/mol. The van der Waals surface area contributed by atoms with Crippen LogP contribution >= 0.6 is 11.8 Å². The molecule has 1 fully saturated rings. The molecule has 22 heavy (non-hydrogen) atoms. The van der Waals surface area contributed by atoms with Gasteiger partial charge in [-0.3, -0.25) is 4.79 Å². The smallest absolute Gasteiger partial charge is 0.267 e. The van der Waals surface area contributed by atoms with E-state index in [1.54, 1.807) is 12.4 Å². The Hall–Kier alpha value is -1.66. The fourth-order valence-electron chi connectivity index (χ4n) is 2.78. The minimum Gasteiger partial charge on any atom is -0.385 e. The van der Waals surface area contributed by atoms with Gasteiger partial charge in [-0.05, 0) is 48.5 Å². The minimum absolute atomic E-state index is 0.131. The number of amides is 1. The number of aryl methyl sites for hydroxylation is 1. The quantitative estimate of drug-likeness (QED) is 0.682. The fourth-order valence-corrected chi connectivity index (χ4v) is 3.95. The number of thioether (sulfide) groups is 1. The summed E-state index contributed by atoms with van der Waals surface area (Å²) in [5.74, 6) is 1.84. The summed E-state index contributed by atoms with van der Waals surface area (Å²) in [4.78, 5) is 12.1. The summed E-state index contributed by atoms with van der Waals surface area (Å²) in [6.07, 6.45) is 4.54. The molecule has 0 atom stereocenters. The van der Waals surface area contributed by atoms with E-state index in [9.17, 15) is 9.90 Å². The van der Waals surface area contributed by atoms with Crippen LogP contribution in [0.1, 0.15) is 24.0 Å². The van der Waals surface area contributed by atoms with Gasteiger partial charge < -0.3 is 21.1 Å². The van der Waals surface area contributed by atoms with E-state index in [4.69, 9.17) is 0 Å². The molecule has 6 heteroatoms. The second-order valence-electron chi connectivity index (χ2n) is 5.76. The van der Waals surface area contributed by atoms with Crippen LogP contribution in [-0.2, 0) is 10.4 Å². The lowest BCUT2D eigenvalue weighted by molar-refractivity contribution is -0.118. The molecule has 2 aliphatic rings. The first-order valence-corrected chi connectivity index (χ1v) is 8.63. The average molecular weight is 319 g/mol. The number of carbonyl (C=O) groups excluding carboxylic acids is 1. The second kappa shape index (κ2) is 6.22. The number of nitrogens with one attached hydrogen (secondary N) is 3. The highest BCUT2D eigenvalue weighted by molar-refractivity contribution is 7.99. The minimum atomic E-state index is -0.725. The first-order valence-electron chi connectivity index (χ1n) is 7.48. The van der Waals surface area contributed by atoms with Crippen LogP contribution < -0.4 is 16.0 Å². The van der Waals surface area contributed by atoms with Gasteiger partial charge in [0, 0.05) is 18.1 Å². The molecule has 1 aromatic rings. The maximum absolute atomic E-state index is 12.1. The van der Waals surface area contributed by atoms with E-state index in [0.717, 1.165) is 41.2 Å². The SMILES string of the molecule is Cc1cc(C2(O)CCSCC2)ccc1NC(=O)C1NC=CN1. The van der Waals surface area contributed by atoms with Crippen LogP contribution in [0.2, 0.25) is 0 Å². The number of benzene rings is 1. The van der Waals surface area contributed by atoms with E-state index in [2.05, 4.69) is 16.0 Å². The van der Waals surface area contributed by atoms with E-state index in [1.165, 1.54) is 0 Å². The third-order valence-electron chi connectivity index (χ3n) is 4.21. The largest absolute Gasteiger partial charge is 0.385 e. The molecule has 0 bridgehead atoms. The van der Waals surface area contributed by atoms with Gasteiger partial charge in [-0.25, -0.2) is 0 Å². The number of hydrogen-bond donors (Lipinski definition) is 4. The van der Waals surface area contributed by atoms with Crippen LogP contribution in [0.4, 0.5) is 5.69 Å². The van der Waals surface area contributed by atoms with Crippen LogP contribution in [0, 0.1) is 6.92 Å². The number of hydrogen-bond acceptors (Lipinski definition) is 5. The summed E-state index contributed by atoms with van der Waals surface area (Å²) < 4.78 is 0. The van der Waals surface area contributed by atoms with Crippen molar-refractivity contribution in [2.75, 3.05) is 16.8 Å². The topological polar surface area (TPSA) is 73.4 Å². The molecule has 0 saturated carbocycles. The van der Waals surface area contributed by atoms with Crippen molar-refractivity contribution in [3.8, 4) is 0 Å². The van der Waals surface area contributed by atoms with Gasteiger partial charge in [0.25, 0.3) is 5.91 Å². The Kier molecular flexibility index (Phi) is 4.31. The van der Waals surface area contributed by atoms with Crippen molar-refractivity contribution in [1.29, 1.82) is 0 Å². The molecule has 0 aliphatic carbocycles. The molecule has 0 spiro atoms. The number of aliphatic hydroxyl groups is 1. The van der Waals surface area contributed by atoms with Crippen LogP contribution in [0.25, 0.3) is 0 Å². The molecule has 1 amide bonds. The molecule has 0 aromatic heterocycles. The third-order valence-corrected chi connectivity index (χ3v) is 5.20. The number of carbonyl (C=O) groups is 1. The zero-order chi connectivity index (χ0) is 15.6. The van der Waals surface area contributed by atoms with Crippen molar-refractivity contribution in [1.82, 2.24) is 10.6 Å². The summed E-state index contributed by atoms with van der Waals surface area (Å²) in [5.41, 5.74) is 1.96. The first kappa shape index (κ1) is 15.2. The van der Waals surface area contributed by atoms with E-state index >= 15 is 0 Å². The molecular weight excluding hydrogens is 298 g/mol. The summed E-state index contributed by atoms with van der Waals surface area (Å²) in [7, 11) is 0. The molecule has 0 radical (unpaired) electrons. The molecule has 118 valence electrons. The summed E-state index contributed by atoms with van der Waals surface area (Å²) in [6.45, 7) is 1.95. The summed E-state index contributed by atoms with van der Waals surface area (Å²) in [5, 5.41) is 19.5. The Bertz CT molecular complexity index is 589. The van der Waals surface area contributed by atoms with Crippen LogP contribution in [0.3, 0.4) is 0 Å². The molecule has 2 aliphatic heterocycles. The van der Waals surface area contributed by atoms with Crippen molar-refractivity contribution < 1.29 is 9.90 Å². The van der Waals surface area contributed by atoms with Crippen LogP contribution in [0.5, 0.6) is 0 Å². The maximum atomic E-state index is 12.1. The molecule has 3 rings (SSSR count). The van der Waals surface area contributed by atoms with Gasteiger partial charge in [0.2, 0.25) is 0 Å². The van der Waals surface area contributed by atoms with E-state index in [1.807, 2.05) is 36.9 Å². The fraction of sp³-hybridized carbons (Fsp3) is 0.438. The van der Waals surface area contributed by atoms with Gasteiger partial charge in [-0.2, -0.15) is 11.8 Å².